The maximum atomic E-state index is 13.1. The smallest absolute Gasteiger partial charge is 0.264 e. The Kier molecular flexibility index (Phi) is 5.93. The minimum atomic E-state index is -3.60. The second kappa shape index (κ2) is 8.37. The Hall–Kier alpha value is -2.23. The molecule has 2 aromatic rings. The zero-order valence-electron chi connectivity index (χ0n) is 18.0. The number of aryl methyl sites for hydroxylation is 3. The lowest BCUT2D eigenvalue weighted by Gasteiger charge is -2.34. The van der Waals surface area contributed by atoms with E-state index in [2.05, 4.69) is 5.32 Å². The van der Waals surface area contributed by atoms with Crippen molar-refractivity contribution in [3.63, 3.8) is 0 Å². The van der Waals surface area contributed by atoms with Crippen LogP contribution in [0, 0.1) is 26.7 Å². The number of piperazine rings is 1. The summed E-state index contributed by atoms with van der Waals surface area (Å²) in [7, 11) is -3.60. The van der Waals surface area contributed by atoms with Gasteiger partial charge in [0.2, 0.25) is 15.9 Å². The zero-order chi connectivity index (χ0) is 22.3. The number of nitrogens with zero attached hydrogens (tertiary/aromatic N) is 2. The summed E-state index contributed by atoms with van der Waals surface area (Å²) in [4.78, 5) is 27.7. The van der Waals surface area contributed by atoms with Crippen LogP contribution in [0.15, 0.2) is 29.2 Å². The molecule has 0 atom stereocenters. The van der Waals surface area contributed by atoms with Crippen molar-refractivity contribution in [2.75, 3.05) is 31.5 Å². The van der Waals surface area contributed by atoms with Crippen LogP contribution in [0.5, 0.6) is 0 Å². The highest BCUT2D eigenvalue weighted by Crippen LogP contribution is 2.33. The third-order valence-electron chi connectivity index (χ3n) is 5.79. The van der Waals surface area contributed by atoms with Gasteiger partial charge in [-0.25, -0.2) is 8.42 Å². The fraction of sp³-hybridized carbons (Fsp3) is 0.455. The molecule has 0 unspecified atom stereocenters. The van der Waals surface area contributed by atoms with Gasteiger partial charge in [-0.3, -0.25) is 9.59 Å². The van der Waals surface area contributed by atoms with Crippen molar-refractivity contribution in [1.82, 2.24) is 9.21 Å². The molecule has 1 N–H and O–H groups in total. The average molecular weight is 462 g/mol. The third-order valence-corrected chi connectivity index (χ3v) is 8.98. The first kappa shape index (κ1) is 22.0. The number of hydrogen-bond donors (Lipinski definition) is 1. The van der Waals surface area contributed by atoms with Crippen molar-refractivity contribution >= 4 is 38.2 Å². The SMILES string of the molecule is Cc1ccc(C)c(S(=O)(=O)N2CCN(C(=O)c3sc(NC(=O)C4CC4)cc3C)CC2)c1. The molecule has 2 aliphatic rings. The first-order valence-electron chi connectivity index (χ1n) is 10.4. The Balaban J connectivity index is 1.43. The van der Waals surface area contributed by atoms with Gasteiger partial charge in [0, 0.05) is 32.1 Å². The minimum absolute atomic E-state index is 0.0190. The Bertz CT molecular complexity index is 1130. The minimum Gasteiger partial charge on any atom is -0.335 e. The Morgan fingerprint density at radius 3 is 2.32 bits per heavy atom. The van der Waals surface area contributed by atoms with E-state index in [-0.39, 0.29) is 30.8 Å². The summed E-state index contributed by atoms with van der Waals surface area (Å²) in [6.45, 7) is 6.73. The molecule has 1 saturated carbocycles. The number of anilines is 1. The molecule has 1 aliphatic carbocycles. The number of thiophene rings is 1. The molecular weight excluding hydrogens is 434 g/mol. The molecule has 0 bridgehead atoms. The normalized spacial score (nSPS) is 17.6. The predicted octanol–water partition coefficient (Wildman–Crippen LogP) is 3.17. The summed E-state index contributed by atoms with van der Waals surface area (Å²) in [5.41, 5.74) is 2.45. The van der Waals surface area contributed by atoms with Crippen LogP contribution in [0.1, 0.15) is 39.2 Å². The number of sulfonamides is 1. The monoisotopic (exact) mass is 461 g/mol. The Morgan fingerprint density at radius 2 is 1.68 bits per heavy atom. The second-order valence-corrected chi connectivity index (χ2v) is 11.3. The Labute approximate surface area is 187 Å². The van der Waals surface area contributed by atoms with Crippen LogP contribution >= 0.6 is 11.3 Å². The lowest BCUT2D eigenvalue weighted by molar-refractivity contribution is -0.117. The van der Waals surface area contributed by atoms with E-state index in [1.165, 1.54) is 15.6 Å². The van der Waals surface area contributed by atoms with E-state index in [0.717, 1.165) is 29.5 Å². The zero-order valence-corrected chi connectivity index (χ0v) is 19.6. The summed E-state index contributed by atoms with van der Waals surface area (Å²) < 4.78 is 27.7. The second-order valence-electron chi connectivity index (χ2n) is 8.35. The highest BCUT2D eigenvalue weighted by molar-refractivity contribution is 7.89. The summed E-state index contributed by atoms with van der Waals surface area (Å²) in [5, 5.41) is 3.59. The standard InChI is InChI=1S/C22H27N3O4S2/c1-14-4-5-15(2)18(12-14)31(28,29)25-10-8-24(9-11-25)22(27)20-16(3)13-19(30-20)23-21(26)17-6-7-17/h4-5,12-13,17H,6-11H2,1-3H3,(H,23,26). The van der Waals surface area contributed by atoms with E-state index < -0.39 is 10.0 Å². The molecule has 1 aromatic heterocycles. The molecule has 4 rings (SSSR count). The molecule has 166 valence electrons. The summed E-state index contributed by atoms with van der Waals surface area (Å²) in [6.07, 6.45) is 1.86. The third kappa shape index (κ3) is 4.53. The maximum Gasteiger partial charge on any atom is 0.264 e. The van der Waals surface area contributed by atoms with Crippen molar-refractivity contribution in [3.05, 3.63) is 45.8 Å². The van der Waals surface area contributed by atoms with Crippen molar-refractivity contribution in [2.45, 2.75) is 38.5 Å². The van der Waals surface area contributed by atoms with Gasteiger partial charge < -0.3 is 10.2 Å². The average Bonchev–Trinajstić information content (AvgIpc) is 3.53. The van der Waals surface area contributed by atoms with E-state index in [1.54, 1.807) is 17.9 Å². The van der Waals surface area contributed by atoms with E-state index in [9.17, 15) is 18.0 Å². The molecule has 7 nitrogen and oxygen atoms in total. The summed E-state index contributed by atoms with van der Waals surface area (Å²) in [5.74, 6) is 0.0114. The van der Waals surface area contributed by atoms with E-state index in [1.807, 2.05) is 32.0 Å². The number of amides is 2. The number of benzene rings is 1. The van der Waals surface area contributed by atoms with Gasteiger partial charge in [-0.2, -0.15) is 4.31 Å². The molecule has 0 spiro atoms. The molecular formula is C22H27N3O4S2. The number of nitrogens with one attached hydrogen (secondary N) is 1. The molecule has 0 radical (unpaired) electrons. The van der Waals surface area contributed by atoms with E-state index in [4.69, 9.17) is 0 Å². The van der Waals surface area contributed by atoms with Gasteiger partial charge in [-0.15, -0.1) is 11.3 Å². The van der Waals surface area contributed by atoms with Gasteiger partial charge in [0.15, 0.2) is 0 Å². The molecule has 1 aliphatic heterocycles. The Morgan fingerprint density at radius 1 is 1.00 bits per heavy atom. The molecule has 2 heterocycles. The lowest BCUT2D eigenvalue weighted by atomic mass is 10.2. The lowest BCUT2D eigenvalue weighted by Crippen LogP contribution is -2.50. The van der Waals surface area contributed by atoms with Gasteiger partial charge in [0.05, 0.1) is 14.8 Å². The molecule has 31 heavy (non-hydrogen) atoms. The van der Waals surface area contributed by atoms with Crippen LogP contribution in [-0.2, 0) is 14.8 Å². The highest BCUT2D eigenvalue weighted by Gasteiger charge is 2.33. The fourth-order valence-electron chi connectivity index (χ4n) is 3.72. The number of carbonyl (C=O) groups is 2. The van der Waals surface area contributed by atoms with Gasteiger partial charge in [-0.1, -0.05) is 12.1 Å². The molecule has 1 saturated heterocycles. The topological polar surface area (TPSA) is 86.8 Å². The van der Waals surface area contributed by atoms with Gasteiger partial charge in [0.1, 0.15) is 0 Å². The summed E-state index contributed by atoms with van der Waals surface area (Å²) in [6, 6.07) is 7.25. The van der Waals surface area contributed by atoms with Crippen LogP contribution < -0.4 is 5.32 Å². The van der Waals surface area contributed by atoms with Crippen molar-refractivity contribution in [2.24, 2.45) is 5.92 Å². The van der Waals surface area contributed by atoms with E-state index in [0.29, 0.717) is 27.9 Å². The summed E-state index contributed by atoms with van der Waals surface area (Å²) >= 11 is 1.29. The molecule has 2 amide bonds. The van der Waals surface area contributed by atoms with Gasteiger partial charge in [-0.05, 0) is 62.4 Å². The highest BCUT2D eigenvalue weighted by atomic mass is 32.2. The van der Waals surface area contributed by atoms with Crippen LogP contribution in [0.25, 0.3) is 0 Å². The number of rotatable bonds is 5. The largest absolute Gasteiger partial charge is 0.335 e. The molecule has 1 aromatic carbocycles. The number of hydrogen-bond acceptors (Lipinski definition) is 5. The van der Waals surface area contributed by atoms with Crippen LogP contribution in [0.2, 0.25) is 0 Å². The van der Waals surface area contributed by atoms with Crippen molar-refractivity contribution in [3.8, 4) is 0 Å². The van der Waals surface area contributed by atoms with Gasteiger partial charge >= 0.3 is 0 Å². The quantitative estimate of drug-likeness (QED) is 0.741. The van der Waals surface area contributed by atoms with Crippen molar-refractivity contribution < 1.29 is 18.0 Å². The molecule has 2 fully saturated rings. The van der Waals surface area contributed by atoms with Gasteiger partial charge in [0.25, 0.3) is 5.91 Å². The van der Waals surface area contributed by atoms with Crippen LogP contribution in [-0.4, -0.2) is 55.6 Å². The number of carbonyl (C=O) groups excluding carboxylic acids is 2. The predicted molar refractivity (Wildman–Crippen MR) is 121 cm³/mol. The van der Waals surface area contributed by atoms with Crippen LogP contribution in [0.3, 0.4) is 0 Å². The first-order valence-corrected chi connectivity index (χ1v) is 12.7. The van der Waals surface area contributed by atoms with Crippen molar-refractivity contribution in [1.29, 1.82) is 0 Å². The maximum absolute atomic E-state index is 13.1. The first-order chi connectivity index (χ1) is 14.7. The fourth-order valence-corrected chi connectivity index (χ4v) is 6.50. The van der Waals surface area contributed by atoms with Crippen LogP contribution in [0.4, 0.5) is 5.00 Å². The molecule has 9 heteroatoms. The van der Waals surface area contributed by atoms with E-state index >= 15 is 0 Å².